The van der Waals surface area contributed by atoms with Crippen LogP contribution in [0.1, 0.15) is 23.8 Å². The van der Waals surface area contributed by atoms with Crippen LogP contribution in [0.3, 0.4) is 0 Å². The van der Waals surface area contributed by atoms with Gasteiger partial charge in [-0.2, -0.15) is 0 Å². The molecule has 0 amide bonds. The molecule has 1 aromatic heterocycles. The Morgan fingerprint density at radius 2 is 2.10 bits per heavy atom. The second-order valence-corrected chi connectivity index (χ2v) is 5.87. The van der Waals surface area contributed by atoms with Gasteiger partial charge in [-0.15, -0.1) is 10.2 Å². The molecule has 3 rings (SSSR count). The zero-order chi connectivity index (χ0) is 14.8. The van der Waals surface area contributed by atoms with Crippen LogP contribution in [0, 0.1) is 6.92 Å². The Morgan fingerprint density at radius 1 is 1.24 bits per heavy atom. The van der Waals surface area contributed by atoms with Crippen LogP contribution in [0.5, 0.6) is 0 Å². The van der Waals surface area contributed by atoms with Crippen LogP contribution >= 0.6 is 23.2 Å². The van der Waals surface area contributed by atoms with Gasteiger partial charge >= 0.3 is 0 Å². The lowest BCUT2D eigenvalue weighted by Crippen LogP contribution is -2.28. The first-order valence-electron chi connectivity index (χ1n) is 6.77. The molecule has 2 aromatic rings. The maximum Gasteiger partial charge on any atom is 0.230 e. The number of nitrogens with zero attached hydrogens (tertiary/aromatic N) is 3. The molecule has 0 radical (unpaired) electrons. The van der Waals surface area contributed by atoms with E-state index < -0.39 is 0 Å². The van der Waals surface area contributed by atoms with Crippen molar-refractivity contribution in [2.75, 3.05) is 13.1 Å². The highest BCUT2D eigenvalue weighted by atomic mass is 35.5. The van der Waals surface area contributed by atoms with Crippen molar-refractivity contribution in [3.63, 3.8) is 0 Å². The van der Waals surface area contributed by atoms with Crippen molar-refractivity contribution in [3.8, 4) is 0 Å². The van der Waals surface area contributed by atoms with Gasteiger partial charge in [0.1, 0.15) is 0 Å². The quantitative estimate of drug-likeness (QED) is 0.857. The molecule has 6 heteroatoms. The highest BCUT2D eigenvalue weighted by Gasteiger charge is 2.16. The number of halogens is 2. The Hall–Kier alpha value is -1.36. The Kier molecular flexibility index (Phi) is 4.29. The summed E-state index contributed by atoms with van der Waals surface area (Å²) < 4.78 is 5.41. The predicted octanol–water partition coefficient (Wildman–Crippen LogP) is 3.97. The SMILES string of the molecule is Cc1nnc(CN2CC=C(c3ccc(Cl)c(Cl)c3)CC2)o1. The fourth-order valence-electron chi connectivity index (χ4n) is 2.41. The second-order valence-electron chi connectivity index (χ2n) is 5.06. The zero-order valence-electron chi connectivity index (χ0n) is 11.6. The van der Waals surface area contributed by atoms with E-state index in [1.165, 1.54) is 5.57 Å². The average molecular weight is 324 g/mol. The van der Waals surface area contributed by atoms with Gasteiger partial charge in [0.2, 0.25) is 11.8 Å². The van der Waals surface area contributed by atoms with E-state index in [4.69, 9.17) is 27.6 Å². The van der Waals surface area contributed by atoms with Crippen LogP contribution in [0.2, 0.25) is 10.0 Å². The number of aromatic nitrogens is 2. The van der Waals surface area contributed by atoms with Gasteiger partial charge in [-0.05, 0) is 29.7 Å². The Morgan fingerprint density at radius 3 is 2.71 bits per heavy atom. The van der Waals surface area contributed by atoms with Crippen molar-refractivity contribution >= 4 is 28.8 Å². The molecule has 0 unspecified atom stereocenters. The molecule has 1 aromatic carbocycles. The lowest BCUT2D eigenvalue weighted by Gasteiger charge is -2.25. The van der Waals surface area contributed by atoms with Crippen LogP contribution in [0.15, 0.2) is 28.7 Å². The fraction of sp³-hybridized carbons (Fsp3) is 0.333. The number of hydrogen-bond acceptors (Lipinski definition) is 4. The van der Waals surface area contributed by atoms with Crippen molar-refractivity contribution in [3.05, 3.63) is 51.7 Å². The molecule has 0 N–H and O–H groups in total. The number of aryl methyl sites for hydroxylation is 1. The summed E-state index contributed by atoms with van der Waals surface area (Å²) in [5.41, 5.74) is 2.43. The van der Waals surface area contributed by atoms with Gasteiger partial charge in [-0.3, -0.25) is 4.90 Å². The number of rotatable bonds is 3. The first kappa shape index (κ1) is 14.6. The third-order valence-electron chi connectivity index (χ3n) is 3.51. The van der Waals surface area contributed by atoms with Crippen molar-refractivity contribution in [1.29, 1.82) is 0 Å². The summed E-state index contributed by atoms with van der Waals surface area (Å²) in [4.78, 5) is 2.27. The lowest BCUT2D eigenvalue weighted by molar-refractivity contribution is 0.260. The molecule has 0 atom stereocenters. The molecule has 0 fully saturated rings. The molecule has 4 nitrogen and oxygen atoms in total. The molecule has 110 valence electrons. The van der Waals surface area contributed by atoms with Crippen molar-refractivity contribution < 1.29 is 4.42 Å². The summed E-state index contributed by atoms with van der Waals surface area (Å²) in [5, 5.41) is 9.06. The van der Waals surface area contributed by atoms with E-state index in [2.05, 4.69) is 21.2 Å². The Bertz CT molecular complexity index is 681. The molecule has 1 aliphatic heterocycles. The van der Waals surface area contributed by atoms with Crippen molar-refractivity contribution in [2.24, 2.45) is 0 Å². The maximum absolute atomic E-state index is 6.07. The lowest BCUT2D eigenvalue weighted by atomic mass is 9.99. The summed E-state index contributed by atoms with van der Waals surface area (Å²) in [6, 6.07) is 5.78. The van der Waals surface area contributed by atoms with Gasteiger partial charge in [0, 0.05) is 20.0 Å². The smallest absolute Gasteiger partial charge is 0.230 e. The molecule has 2 heterocycles. The largest absolute Gasteiger partial charge is 0.424 e. The average Bonchev–Trinajstić information content (AvgIpc) is 2.88. The van der Waals surface area contributed by atoms with E-state index >= 15 is 0 Å². The Balaban J connectivity index is 1.67. The van der Waals surface area contributed by atoms with Gasteiger partial charge in [0.15, 0.2) is 0 Å². The summed E-state index contributed by atoms with van der Waals surface area (Å²) in [6.07, 6.45) is 3.18. The van der Waals surface area contributed by atoms with Crippen molar-refractivity contribution in [1.82, 2.24) is 15.1 Å². The highest BCUT2D eigenvalue weighted by Crippen LogP contribution is 2.29. The fourth-order valence-corrected chi connectivity index (χ4v) is 2.70. The standard InChI is InChI=1S/C15H15Cl2N3O/c1-10-18-19-15(21-10)9-20-6-4-11(5-7-20)12-2-3-13(16)14(17)8-12/h2-4,8H,5-7,9H2,1H3. The highest BCUT2D eigenvalue weighted by molar-refractivity contribution is 6.42. The molecule has 0 saturated heterocycles. The van der Waals surface area contributed by atoms with Crippen LogP contribution in [-0.2, 0) is 6.54 Å². The van der Waals surface area contributed by atoms with Gasteiger partial charge in [-0.25, -0.2) is 0 Å². The monoisotopic (exact) mass is 323 g/mol. The topological polar surface area (TPSA) is 42.2 Å². The van der Waals surface area contributed by atoms with Crippen LogP contribution in [-0.4, -0.2) is 28.2 Å². The van der Waals surface area contributed by atoms with Gasteiger partial charge in [0.05, 0.1) is 16.6 Å². The number of benzene rings is 1. The molecular weight excluding hydrogens is 309 g/mol. The normalized spacial score (nSPS) is 16.0. The third-order valence-corrected chi connectivity index (χ3v) is 4.25. The summed E-state index contributed by atoms with van der Waals surface area (Å²) >= 11 is 12.0. The first-order chi connectivity index (χ1) is 10.1. The van der Waals surface area contributed by atoms with E-state index in [1.807, 2.05) is 18.2 Å². The minimum absolute atomic E-state index is 0.588. The van der Waals surface area contributed by atoms with Crippen molar-refractivity contribution in [2.45, 2.75) is 19.9 Å². The minimum Gasteiger partial charge on any atom is -0.424 e. The molecule has 0 aliphatic carbocycles. The van der Waals surface area contributed by atoms with Crippen LogP contribution in [0.25, 0.3) is 5.57 Å². The molecule has 1 aliphatic rings. The third kappa shape index (κ3) is 3.46. The summed E-state index contributed by atoms with van der Waals surface area (Å²) in [7, 11) is 0. The maximum atomic E-state index is 6.07. The van der Waals surface area contributed by atoms with Crippen LogP contribution < -0.4 is 0 Å². The minimum atomic E-state index is 0.588. The van der Waals surface area contributed by atoms with E-state index in [9.17, 15) is 0 Å². The molecule has 0 spiro atoms. The number of hydrogen-bond donors (Lipinski definition) is 0. The van der Waals surface area contributed by atoms with E-state index in [0.717, 1.165) is 25.1 Å². The van der Waals surface area contributed by atoms with Gasteiger partial charge in [-0.1, -0.05) is 35.3 Å². The van der Waals surface area contributed by atoms with Crippen LogP contribution in [0.4, 0.5) is 0 Å². The predicted molar refractivity (Wildman–Crippen MR) is 83.4 cm³/mol. The summed E-state index contributed by atoms with van der Waals surface area (Å²) in [5.74, 6) is 1.27. The van der Waals surface area contributed by atoms with Gasteiger partial charge < -0.3 is 4.42 Å². The Labute approximate surface area is 133 Å². The molecule has 0 saturated carbocycles. The van der Waals surface area contributed by atoms with E-state index in [-0.39, 0.29) is 0 Å². The van der Waals surface area contributed by atoms with Gasteiger partial charge in [0.25, 0.3) is 0 Å². The first-order valence-corrected chi connectivity index (χ1v) is 7.53. The second kappa shape index (κ2) is 6.18. The zero-order valence-corrected chi connectivity index (χ0v) is 13.2. The van der Waals surface area contributed by atoms with E-state index in [1.54, 1.807) is 6.92 Å². The molecular formula is C15H15Cl2N3O. The molecule has 21 heavy (non-hydrogen) atoms. The molecule has 0 bridgehead atoms. The summed E-state index contributed by atoms with van der Waals surface area (Å²) in [6.45, 7) is 4.30. The van der Waals surface area contributed by atoms with E-state index in [0.29, 0.717) is 28.4 Å².